The molecular formula is C31H37BrN4O2. The van der Waals surface area contributed by atoms with E-state index in [-0.39, 0.29) is 11.4 Å². The summed E-state index contributed by atoms with van der Waals surface area (Å²) in [6.45, 7) is 10.5. The third-order valence-corrected chi connectivity index (χ3v) is 8.81. The van der Waals surface area contributed by atoms with Gasteiger partial charge in [0.1, 0.15) is 6.61 Å². The number of nitrogens with zero attached hydrogens (tertiary/aromatic N) is 4. The molecule has 2 saturated heterocycles. The number of piperidine rings is 2. The fourth-order valence-electron chi connectivity index (χ4n) is 5.97. The minimum Gasteiger partial charge on any atom is -0.396 e. The Morgan fingerprint density at radius 2 is 1.76 bits per heavy atom. The highest BCUT2D eigenvalue weighted by Crippen LogP contribution is 2.34. The number of aryl methyl sites for hydroxylation is 1. The zero-order chi connectivity index (χ0) is 26.7. The first-order valence-electron chi connectivity index (χ1n) is 13.7. The van der Waals surface area contributed by atoms with Crippen molar-refractivity contribution in [2.24, 2.45) is 11.1 Å². The number of hydrogen-bond acceptors (Lipinski definition) is 5. The highest BCUT2D eigenvalue weighted by Gasteiger charge is 2.39. The summed E-state index contributed by atoms with van der Waals surface area (Å²) in [7, 11) is 0. The first kappa shape index (κ1) is 26.8. The van der Waals surface area contributed by atoms with E-state index in [4.69, 9.17) is 4.84 Å². The van der Waals surface area contributed by atoms with Crippen LogP contribution in [0.5, 0.6) is 0 Å². The molecule has 2 aliphatic rings. The number of amides is 1. The molecule has 2 aliphatic heterocycles. The Balaban J connectivity index is 1.23. The molecule has 2 aromatic carbocycles. The average Bonchev–Trinajstić information content (AvgIpc) is 2.94. The maximum atomic E-state index is 13.6. The van der Waals surface area contributed by atoms with Crippen molar-refractivity contribution in [3.05, 3.63) is 75.9 Å². The first-order valence-corrected chi connectivity index (χ1v) is 14.5. The van der Waals surface area contributed by atoms with Crippen molar-refractivity contribution in [2.75, 3.05) is 32.8 Å². The normalized spacial score (nSPS) is 19.1. The van der Waals surface area contributed by atoms with Crippen molar-refractivity contribution in [3.8, 4) is 0 Å². The Hall–Kier alpha value is -2.77. The van der Waals surface area contributed by atoms with Crippen LogP contribution in [0.1, 0.15) is 61.1 Å². The number of likely N-dealkylation sites (tertiary alicyclic amines) is 2. The van der Waals surface area contributed by atoms with Gasteiger partial charge in [-0.1, -0.05) is 51.4 Å². The summed E-state index contributed by atoms with van der Waals surface area (Å²) in [4.78, 5) is 28.4. The van der Waals surface area contributed by atoms with Gasteiger partial charge in [0.05, 0.1) is 16.8 Å². The molecule has 7 heteroatoms. The standard InChI is InChI=1S/C31H37BrN4O2/c1-4-38-34-29(23-9-11-25(32)12-10-23)24-13-17-36(18-14-24)31(3)15-19-35(20-16-31)30(37)27-21-22(2)33-28-8-6-5-7-26(27)28/h5-12,21,24H,4,13-20H2,1-3H3/b34-29+. The highest BCUT2D eigenvalue weighted by atomic mass is 79.9. The maximum Gasteiger partial charge on any atom is 0.254 e. The number of carbonyl (C=O) groups excluding carboxylic acids is 1. The molecule has 0 spiro atoms. The summed E-state index contributed by atoms with van der Waals surface area (Å²) < 4.78 is 1.07. The number of oxime groups is 1. The highest BCUT2D eigenvalue weighted by molar-refractivity contribution is 9.10. The molecule has 0 aliphatic carbocycles. The number of rotatable bonds is 6. The molecule has 0 unspecified atom stereocenters. The summed E-state index contributed by atoms with van der Waals surface area (Å²) in [5, 5.41) is 5.48. The lowest BCUT2D eigenvalue weighted by molar-refractivity contribution is 0.0162. The van der Waals surface area contributed by atoms with Crippen LogP contribution in [0.4, 0.5) is 0 Å². The van der Waals surface area contributed by atoms with Crippen molar-refractivity contribution >= 4 is 38.5 Å². The largest absolute Gasteiger partial charge is 0.396 e. The van der Waals surface area contributed by atoms with E-state index in [1.807, 2.05) is 49.1 Å². The van der Waals surface area contributed by atoms with Crippen LogP contribution in [0.15, 0.2) is 64.2 Å². The van der Waals surface area contributed by atoms with Crippen molar-refractivity contribution in [1.29, 1.82) is 0 Å². The van der Waals surface area contributed by atoms with Gasteiger partial charge in [-0.15, -0.1) is 0 Å². The number of pyridine rings is 1. The SMILES string of the molecule is CCO/N=C(\c1ccc(Br)cc1)C1CCN(C2(C)CCN(C(=O)c3cc(C)nc4ccccc34)CC2)CC1. The third-order valence-electron chi connectivity index (χ3n) is 8.28. The minimum absolute atomic E-state index is 0.104. The van der Waals surface area contributed by atoms with Gasteiger partial charge < -0.3 is 9.74 Å². The van der Waals surface area contributed by atoms with E-state index < -0.39 is 0 Å². The minimum atomic E-state index is 0.104. The molecule has 6 nitrogen and oxygen atoms in total. The fourth-order valence-corrected chi connectivity index (χ4v) is 6.24. The van der Waals surface area contributed by atoms with Crippen LogP contribution in [-0.2, 0) is 4.84 Å². The van der Waals surface area contributed by atoms with Crippen molar-refractivity contribution in [1.82, 2.24) is 14.8 Å². The van der Waals surface area contributed by atoms with Crippen molar-refractivity contribution in [2.45, 2.75) is 52.0 Å². The Morgan fingerprint density at radius 3 is 2.45 bits per heavy atom. The molecule has 0 saturated carbocycles. The monoisotopic (exact) mass is 576 g/mol. The molecule has 0 bridgehead atoms. The van der Waals surface area contributed by atoms with Gasteiger partial charge in [-0.05, 0) is 89.4 Å². The summed E-state index contributed by atoms with van der Waals surface area (Å²) in [6.07, 6.45) is 4.08. The zero-order valence-corrected chi connectivity index (χ0v) is 24.2. The third kappa shape index (κ3) is 5.64. The van der Waals surface area contributed by atoms with Crippen molar-refractivity contribution in [3.63, 3.8) is 0 Å². The lowest BCUT2D eigenvalue weighted by Crippen LogP contribution is -2.56. The molecular weight excluding hydrogens is 540 g/mol. The quantitative estimate of drug-likeness (QED) is 0.250. The Kier molecular flexibility index (Phi) is 8.15. The predicted octanol–water partition coefficient (Wildman–Crippen LogP) is 6.45. The van der Waals surface area contributed by atoms with Crippen LogP contribution < -0.4 is 0 Å². The number of carbonyl (C=O) groups is 1. The molecule has 3 heterocycles. The number of para-hydroxylation sites is 1. The topological polar surface area (TPSA) is 58.0 Å². The van der Waals surface area contributed by atoms with Gasteiger partial charge in [-0.25, -0.2) is 0 Å². The Bertz CT molecular complexity index is 1310. The van der Waals surface area contributed by atoms with E-state index in [2.05, 4.69) is 62.2 Å². The first-order chi connectivity index (χ1) is 18.4. The van der Waals surface area contributed by atoms with E-state index in [1.165, 1.54) is 0 Å². The zero-order valence-electron chi connectivity index (χ0n) is 22.6. The van der Waals surface area contributed by atoms with Gasteiger partial charge in [-0.3, -0.25) is 14.7 Å². The number of halogens is 1. The van der Waals surface area contributed by atoms with Gasteiger partial charge >= 0.3 is 0 Å². The summed E-state index contributed by atoms with van der Waals surface area (Å²) >= 11 is 3.54. The second-order valence-electron chi connectivity index (χ2n) is 10.8. The van der Waals surface area contributed by atoms with E-state index in [9.17, 15) is 4.79 Å². The van der Waals surface area contributed by atoms with Crippen LogP contribution in [0.2, 0.25) is 0 Å². The van der Waals surface area contributed by atoms with E-state index in [1.54, 1.807) is 0 Å². The summed E-state index contributed by atoms with van der Waals surface area (Å²) in [6, 6.07) is 18.3. The molecule has 0 N–H and O–H groups in total. The molecule has 5 rings (SSSR count). The van der Waals surface area contributed by atoms with Crippen LogP contribution in [0, 0.1) is 12.8 Å². The average molecular weight is 578 g/mol. The van der Waals surface area contributed by atoms with Crippen LogP contribution in [0.3, 0.4) is 0 Å². The van der Waals surface area contributed by atoms with Gasteiger partial charge in [0.2, 0.25) is 0 Å². The molecule has 0 radical (unpaired) electrons. The molecule has 1 amide bonds. The van der Waals surface area contributed by atoms with E-state index in [0.717, 1.165) is 89.8 Å². The number of hydrogen-bond donors (Lipinski definition) is 0. The molecule has 3 aromatic rings. The summed E-state index contributed by atoms with van der Waals surface area (Å²) in [5.74, 6) is 0.506. The Morgan fingerprint density at radius 1 is 1.08 bits per heavy atom. The second kappa shape index (κ2) is 11.5. The maximum absolute atomic E-state index is 13.6. The number of benzene rings is 2. The van der Waals surface area contributed by atoms with Crippen LogP contribution >= 0.6 is 15.9 Å². The molecule has 2 fully saturated rings. The molecule has 38 heavy (non-hydrogen) atoms. The molecule has 200 valence electrons. The van der Waals surface area contributed by atoms with Gasteiger partial charge in [0, 0.05) is 40.1 Å². The molecule has 0 atom stereocenters. The smallest absolute Gasteiger partial charge is 0.254 e. The van der Waals surface area contributed by atoms with Gasteiger partial charge in [0.15, 0.2) is 0 Å². The van der Waals surface area contributed by atoms with Gasteiger partial charge in [0.25, 0.3) is 5.91 Å². The number of fused-ring (bicyclic) bond motifs is 1. The fraction of sp³-hybridized carbons (Fsp3) is 0.452. The lowest BCUT2D eigenvalue weighted by Gasteiger charge is -2.49. The van der Waals surface area contributed by atoms with Gasteiger partial charge in [-0.2, -0.15) is 0 Å². The lowest BCUT2D eigenvalue weighted by atomic mass is 9.82. The van der Waals surface area contributed by atoms with E-state index >= 15 is 0 Å². The predicted molar refractivity (Wildman–Crippen MR) is 157 cm³/mol. The number of aromatic nitrogens is 1. The molecule has 1 aromatic heterocycles. The second-order valence-corrected chi connectivity index (χ2v) is 11.7. The summed E-state index contributed by atoms with van der Waals surface area (Å²) in [5.41, 5.74) is 4.84. The Labute approximate surface area is 234 Å². The van der Waals surface area contributed by atoms with E-state index in [0.29, 0.717) is 12.5 Å². The van der Waals surface area contributed by atoms with Crippen molar-refractivity contribution < 1.29 is 9.63 Å². The van der Waals surface area contributed by atoms with Crippen LogP contribution in [0.25, 0.3) is 10.9 Å². The van der Waals surface area contributed by atoms with Crippen LogP contribution in [-0.4, -0.2) is 64.7 Å².